The number of aliphatic imine (C=N–C) groups is 1. The zero-order chi connectivity index (χ0) is 17.2. The van der Waals surface area contributed by atoms with Gasteiger partial charge in [-0.15, -0.1) is 0 Å². The van der Waals surface area contributed by atoms with Gasteiger partial charge in [0.1, 0.15) is 5.75 Å². The predicted molar refractivity (Wildman–Crippen MR) is 99.7 cm³/mol. The monoisotopic (exact) mass is 333 g/mol. The number of rotatable bonds is 6. The van der Waals surface area contributed by atoms with Crippen molar-refractivity contribution in [2.45, 2.75) is 13.0 Å². The molecule has 1 aromatic rings. The van der Waals surface area contributed by atoms with Gasteiger partial charge in [0.2, 0.25) is 0 Å². The van der Waals surface area contributed by atoms with Crippen LogP contribution < -0.4 is 15.4 Å². The lowest BCUT2D eigenvalue weighted by Gasteiger charge is -2.21. The number of nitrogens with one attached hydrogen (secondary N) is 2. The van der Waals surface area contributed by atoms with Gasteiger partial charge in [-0.05, 0) is 44.3 Å². The van der Waals surface area contributed by atoms with Crippen LogP contribution in [0.15, 0.2) is 29.3 Å². The molecule has 0 aromatic heterocycles. The summed E-state index contributed by atoms with van der Waals surface area (Å²) in [5.74, 6) is 1.72. The van der Waals surface area contributed by atoms with E-state index < -0.39 is 0 Å². The molecule has 6 heteroatoms. The average Bonchev–Trinajstić information content (AvgIpc) is 2.82. The first-order valence-corrected chi connectivity index (χ1v) is 8.69. The molecule has 24 heavy (non-hydrogen) atoms. The summed E-state index contributed by atoms with van der Waals surface area (Å²) in [5.41, 5.74) is 1.17. The van der Waals surface area contributed by atoms with E-state index >= 15 is 0 Å². The lowest BCUT2D eigenvalue weighted by Crippen LogP contribution is -2.42. The minimum absolute atomic E-state index is 0.728. The van der Waals surface area contributed by atoms with Crippen LogP contribution in [0.25, 0.3) is 0 Å². The molecule has 0 amide bonds. The van der Waals surface area contributed by atoms with E-state index in [-0.39, 0.29) is 0 Å². The second-order valence-electron chi connectivity index (χ2n) is 6.20. The first kappa shape index (κ1) is 18.5. The molecule has 134 valence electrons. The Hall–Kier alpha value is -1.79. The first-order valence-electron chi connectivity index (χ1n) is 8.69. The zero-order valence-corrected chi connectivity index (χ0v) is 15.2. The van der Waals surface area contributed by atoms with E-state index in [1.54, 1.807) is 7.11 Å². The van der Waals surface area contributed by atoms with Crippen LogP contribution in [-0.2, 0) is 6.54 Å². The molecular formula is C18H31N5O. The van der Waals surface area contributed by atoms with Crippen LogP contribution in [0.4, 0.5) is 0 Å². The molecule has 0 aliphatic carbocycles. The van der Waals surface area contributed by atoms with Crippen molar-refractivity contribution in [3.8, 4) is 5.75 Å². The standard InChI is InChI=1S/C18H31N5O/c1-19-18(21-15-16-6-4-7-17(14-16)24-3)20-8-11-23-10-5-9-22(2)12-13-23/h4,6-7,14H,5,8-13,15H2,1-3H3,(H2,19,20,21). The second-order valence-corrected chi connectivity index (χ2v) is 6.20. The highest BCUT2D eigenvalue weighted by Crippen LogP contribution is 2.11. The van der Waals surface area contributed by atoms with Crippen LogP contribution in [0.5, 0.6) is 5.75 Å². The Labute approximate surface area is 145 Å². The number of benzene rings is 1. The van der Waals surface area contributed by atoms with E-state index in [1.807, 2.05) is 25.2 Å². The Morgan fingerprint density at radius 3 is 2.88 bits per heavy atom. The highest BCUT2D eigenvalue weighted by atomic mass is 16.5. The van der Waals surface area contributed by atoms with Gasteiger partial charge in [-0.1, -0.05) is 12.1 Å². The van der Waals surface area contributed by atoms with E-state index in [1.165, 1.54) is 25.1 Å². The van der Waals surface area contributed by atoms with Crippen molar-refractivity contribution >= 4 is 5.96 Å². The first-order chi connectivity index (χ1) is 11.7. The van der Waals surface area contributed by atoms with Crippen LogP contribution in [0, 0.1) is 0 Å². The lowest BCUT2D eigenvalue weighted by atomic mass is 10.2. The molecule has 2 rings (SSSR count). The van der Waals surface area contributed by atoms with Gasteiger partial charge in [0.25, 0.3) is 0 Å². The van der Waals surface area contributed by atoms with Gasteiger partial charge >= 0.3 is 0 Å². The van der Waals surface area contributed by atoms with Gasteiger partial charge in [0.15, 0.2) is 5.96 Å². The average molecular weight is 333 g/mol. The smallest absolute Gasteiger partial charge is 0.191 e. The minimum atomic E-state index is 0.728. The fourth-order valence-corrected chi connectivity index (χ4v) is 2.84. The summed E-state index contributed by atoms with van der Waals surface area (Å²) in [5, 5.41) is 6.75. The molecule has 1 aliphatic rings. The van der Waals surface area contributed by atoms with Gasteiger partial charge in [-0.2, -0.15) is 0 Å². The zero-order valence-electron chi connectivity index (χ0n) is 15.2. The largest absolute Gasteiger partial charge is 0.497 e. The fourth-order valence-electron chi connectivity index (χ4n) is 2.84. The van der Waals surface area contributed by atoms with Crippen LogP contribution in [0.3, 0.4) is 0 Å². The molecule has 1 aliphatic heterocycles. The molecule has 2 N–H and O–H groups in total. The maximum absolute atomic E-state index is 5.26. The molecule has 1 heterocycles. The van der Waals surface area contributed by atoms with Crippen molar-refractivity contribution < 1.29 is 4.74 Å². The summed E-state index contributed by atoms with van der Waals surface area (Å²) in [4.78, 5) is 9.22. The lowest BCUT2D eigenvalue weighted by molar-refractivity contribution is 0.280. The van der Waals surface area contributed by atoms with Crippen molar-refractivity contribution in [1.82, 2.24) is 20.4 Å². The minimum Gasteiger partial charge on any atom is -0.497 e. The molecule has 0 spiro atoms. The van der Waals surface area contributed by atoms with E-state index in [0.717, 1.165) is 44.4 Å². The second kappa shape index (κ2) is 10.2. The molecule has 0 radical (unpaired) electrons. The number of hydrogen-bond donors (Lipinski definition) is 2. The molecular weight excluding hydrogens is 302 g/mol. The van der Waals surface area contributed by atoms with Gasteiger partial charge in [-0.3, -0.25) is 4.99 Å². The van der Waals surface area contributed by atoms with Crippen molar-refractivity contribution in [3.05, 3.63) is 29.8 Å². The van der Waals surface area contributed by atoms with E-state index in [0.29, 0.717) is 0 Å². The fraction of sp³-hybridized carbons (Fsp3) is 0.611. The summed E-state index contributed by atoms with van der Waals surface area (Å²) >= 11 is 0. The van der Waals surface area contributed by atoms with Gasteiger partial charge in [0, 0.05) is 39.8 Å². The van der Waals surface area contributed by atoms with Gasteiger partial charge < -0.3 is 25.2 Å². The molecule has 0 atom stereocenters. The van der Waals surface area contributed by atoms with Crippen LogP contribution >= 0.6 is 0 Å². The van der Waals surface area contributed by atoms with Crippen molar-refractivity contribution in [3.63, 3.8) is 0 Å². The number of hydrogen-bond acceptors (Lipinski definition) is 4. The maximum Gasteiger partial charge on any atom is 0.191 e. The Kier molecular flexibility index (Phi) is 7.85. The van der Waals surface area contributed by atoms with E-state index in [9.17, 15) is 0 Å². The van der Waals surface area contributed by atoms with Crippen molar-refractivity contribution in [2.24, 2.45) is 4.99 Å². The Bertz CT molecular complexity index is 520. The highest BCUT2D eigenvalue weighted by molar-refractivity contribution is 5.79. The molecule has 1 saturated heterocycles. The predicted octanol–water partition coefficient (Wildman–Crippen LogP) is 0.998. The third-order valence-corrected chi connectivity index (χ3v) is 4.35. The van der Waals surface area contributed by atoms with Gasteiger partial charge in [-0.25, -0.2) is 0 Å². The molecule has 0 saturated carbocycles. The Morgan fingerprint density at radius 2 is 2.08 bits per heavy atom. The molecule has 0 unspecified atom stereocenters. The maximum atomic E-state index is 5.26. The van der Waals surface area contributed by atoms with Gasteiger partial charge in [0.05, 0.1) is 7.11 Å². The normalized spacial score (nSPS) is 17.4. The van der Waals surface area contributed by atoms with Crippen LogP contribution in [-0.4, -0.2) is 76.2 Å². The third-order valence-electron chi connectivity index (χ3n) is 4.35. The Balaban J connectivity index is 1.70. The number of methoxy groups -OCH3 is 1. The quantitative estimate of drug-likeness (QED) is 0.601. The van der Waals surface area contributed by atoms with E-state index in [2.05, 4.69) is 38.5 Å². The molecule has 1 aromatic carbocycles. The molecule has 1 fully saturated rings. The molecule has 6 nitrogen and oxygen atoms in total. The topological polar surface area (TPSA) is 52.1 Å². The van der Waals surface area contributed by atoms with Crippen LogP contribution in [0.1, 0.15) is 12.0 Å². The third kappa shape index (κ3) is 6.37. The number of nitrogens with zero attached hydrogens (tertiary/aromatic N) is 3. The summed E-state index contributed by atoms with van der Waals surface area (Å²) < 4.78 is 5.26. The number of ether oxygens (including phenoxy) is 1. The molecule has 0 bridgehead atoms. The summed E-state index contributed by atoms with van der Waals surface area (Å²) in [7, 11) is 5.70. The number of likely N-dealkylation sites (N-methyl/N-ethyl adjacent to an activating group) is 1. The number of guanidine groups is 1. The summed E-state index contributed by atoms with van der Waals surface area (Å²) in [6.45, 7) is 7.37. The van der Waals surface area contributed by atoms with E-state index in [4.69, 9.17) is 4.74 Å². The van der Waals surface area contributed by atoms with Crippen LogP contribution in [0.2, 0.25) is 0 Å². The van der Waals surface area contributed by atoms with Crippen molar-refractivity contribution in [1.29, 1.82) is 0 Å². The Morgan fingerprint density at radius 1 is 1.21 bits per heavy atom. The van der Waals surface area contributed by atoms with Crippen molar-refractivity contribution in [2.75, 3.05) is 60.5 Å². The summed E-state index contributed by atoms with van der Waals surface area (Å²) in [6.07, 6.45) is 1.25. The summed E-state index contributed by atoms with van der Waals surface area (Å²) in [6, 6.07) is 8.07. The highest BCUT2D eigenvalue weighted by Gasteiger charge is 2.11. The SMILES string of the molecule is CN=C(NCCN1CCCN(C)CC1)NCc1cccc(OC)c1.